The second-order valence-electron chi connectivity index (χ2n) is 5.55. The van der Waals surface area contributed by atoms with Gasteiger partial charge in [-0.2, -0.15) is 0 Å². The van der Waals surface area contributed by atoms with Gasteiger partial charge in [0, 0.05) is 31.0 Å². The third kappa shape index (κ3) is 5.45. The Labute approximate surface area is 129 Å². The predicted octanol–water partition coefficient (Wildman–Crippen LogP) is 2.65. The summed E-state index contributed by atoms with van der Waals surface area (Å²) >= 11 is 0. The van der Waals surface area contributed by atoms with Gasteiger partial charge in [0.1, 0.15) is 0 Å². The van der Waals surface area contributed by atoms with E-state index < -0.39 is 10.0 Å². The largest absolute Gasteiger partial charge is 0.346 e. The van der Waals surface area contributed by atoms with Crippen molar-refractivity contribution in [1.82, 2.24) is 14.6 Å². The van der Waals surface area contributed by atoms with Gasteiger partial charge in [-0.15, -0.1) is 0 Å². The zero-order valence-electron chi connectivity index (χ0n) is 13.6. The van der Waals surface area contributed by atoms with Crippen molar-refractivity contribution < 1.29 is 8.42 Å². The summed E-state index contributed by atoms with van der Waals surface area (Å²) in [6.45, 7) is 10.3. The first kappa shape index (κ1) is 18.2. The Morgan fingerprint density at radius 2 is 1.95 bits per heavy atom. The Bertz CT molecular complexity index is 521. The normalized spacial score (nSPS) is 12.2. The van der Waals surface area contributed by atoms with E-state index in [1.165, 1.54) is 0 Å². The fourth-order valence-electron chi connectivity index (χ4n) is 2.18. The van der Waals surface area contributed by atoms with Gasteiger partial charge in [-0.1, -0.05) is 26.7 Å². The Morgan fingerprint density at radius 3 is 2.52 bits per heavy atom. The molecule has 5 nitrogen and oxygen atoms in total. The molecule has 0 bridgehead atoms. The van der Waals surface area contributed by atoms with E-state index in [1.54, 1.807) is 12.3 Å². The van der Waals surface area contributed by atoms with Crippen molar-refractivity contribution in [2.45, 2.75) is 64.4 Å². The first-order valence-corrected chi connectivity index (χ1v) is 9.31. The average Bonchev–Trinajstić information content (AvgIpc) is 2.86. The van der Waals surface area contributed by atoms with Crippen LogP contribution < -0.4 is 10.0 Å². The molecule has 0 spiro atoms. The number of nitrogens with zero attached hydrogens (tertiary/aromatic N) is 1. The van der Waals surface area contributed by atoms with Gasteiger partial charge in [-0.05, 0) is 32.9 Å². The van der Waals surface area contributed by atoms with Gasteiger partial charge < -0.3 is 9.88 Å². The molecule has 1 aromatic rings. The summed E-state index contributed by atoms with van der Waals surface area (Å²) in [6.07, 6.45) is 4.74. The maximum atomic E-state index is 12.3. The van der Waals surface area contributed by atoms with Crippen molar-refractivity contribution in [2.24, 2.45) is 0 Å². The van der Waals surface area contributed by atoms with Gasteiger partial charge in [0.05, 0.1) is 4.90 Å². The van der Waals surface area contributed by atoms with Gasteiger partial charge in [0.25, 0.3) is 0 Å². The second kappa shape index (κ2) is 8.56. The van der Waals surface area contributed by atoms with E-state index in [0.717, 1.165) is 31.5 Å². The summed E-state index contributed by atoms with van der Waals surface area (Å²) in [4.78, 5) is 0.362. The molecule has 0 saturated carbocycles. The smallest absolute Gasteiger partial charge is 0.242 e. The molecule has 1 rings (SSSR count). The van der Waals surface area contributed by atoms with Gasteiger partial charge in [-0.3, -0.25) is 0 Å². The molecule has 0 aliphatic rings. The van der Waals surface area contributed by atoms with Crippen molar-refractivity contribution in [1.29, 1.82) is 0 Å². The summed E-state index contributed by atoms with van der Waals surface area (Å²) in [5.41, 5.74) is 1.00. The lowest BCUT2D eigenvalue weighted by Gasteiger charge is -2.12. The second-order valence-corrected chi connectivity index (χ2v) is 7.32. The standard InChI is InChI=1S/C15H29N3O2S/c1-5-7-8-9-17-21(19,20)15-10-14(11-16-6-2)18(12-15)13(3)4/h10,12-13,16-17H,5-9,11H2,1-4H3. The summed E-state index contributed by atoms with van der Waals surface area (Å²) < 4.78 is 29.3. The van der Waals surface area contributed by atoms with Gasteiger partial charge in [0.15, 0.2) is 0 Å². The lowest BCUT2D eigenvalue weighted by Crippen LogP contribution is -2.24. The van der Waals surface area contributed by atoms with Crippen molar-refractivity contribution in [3.05, 3.63) is 18.0 Å². The predicted molar refractivity (Wildman–Crippen MR) is 86.9 cm³/mol. The molecule has 0 aliphatic carbocycles. The van der Waals surface area contributed by atoms with Crippen LogP contribution in [0.5, 0.6) is 0 Å². The number of sulfonamides is 1. The highest BCUT2D eigenvalue weighted by Crippen LogP contribution is 2.19. The molecule has 0 amide bonds. The van der Waals surface area contributed by atoms with E-state index in [0.29, 0.717) is 18.0 Å². The molecule has 122 valence electrons. The number of nitrogens with one attached hydrogen (secondary N) is 2. The maximum Gasteiger partial charge on any atom is 0.242 e. The van der Waals surface area contributed by atoms with E-state index in [2.05, 4.69) is 30.8 Å². The van der Waals surface area contributed by atoms with Crippen LogP contribution in [0, 0.1) is 0 Å². The highest BCUT2D eigenvalue weighted by molar-refractivity contribution is 7.89. The quantitative estimate of drug-likeness (QED) is 0.653. The van der Waals surface area contributed by atoms with Gasteiger partial charge in [0.2, 0.25) is 10.0 Å². The maximum absolute atomic E-state index is 12.3. The topological polar surface area (TPSA) is 63.1 Å². The van der Waals surface area contributed by atoms with Crippen LogP contribution in [-0.2, 0) is 16.6 Å². The minimum Gasteiger partial charge on any atom is -0.346 e. The number of hydrogen-bond donors (Lipinski definition) is 2. The molecular weight excluding hydrogens is 286 g/mol. The summed E-state index contributed by atoms with van der Waals surface area (Å²) in [6, 6.07) is 2.01. The fourth-order valence-corrected chi connectivity index (χ4v) is 3.31. The first-order valence-electron chi connectivity index (χ1n) is 7.83. The van der Waals surface area contributed by atoms with E-state index in [-0.39, 0.29) is 6.04 Å². The van der Waals surface area contributed by atoms with Crippen LogP contribution in [0.4, 0.5) is 0 Å². The number of rotatable bonds is 10. The van der Waals surface area contributed by atoms with Crippen LogP contribution in [0.1, 0.15) is 58.7 Å². The van der Waals surface area contributed by atoms with E-state index in [4.69, 9.17) is 0 Å². The number of unbranched alkanes of at least 4 members (excludes halogenated alkanes) is 2. The van der Waals surface area contributed by atoms with Crippen LogP contribution in [0.3, 0.4) is 0 Å². The van der Waals surface area contributed by atoms with Crippen molar-refractivity contribution in [3.8, 4) is 0 Å². The summed E-state index contributed by atoms with van der Waals surface area (Å²) in [5.74, 6) is 0. The van der Waals surface area contributed by atoms with Crippen LogP contribution in [0.2, 0.25) is 0 Å². The zero-order valence-corrected chi connectivity index (χ0v) is 14.5. The Balaban J connectivity index is 2.86. The first-order chi connectivity index (χ1) is 9.92. The monoisotopic (exact) mass is 315 g/mol. The lowest BCUT2D eigenvalue weighted by atomic mass is 10.3. The molecule has 1 aromatic heterocycles. The Morgan fingerprint density at radius 1 is 1.24 bits per heavy atom. The minimum absolute atomic E-state index is 0.239. The molecule has 0 aromatic carbocycles. The molecule has 2 N–H and O–H groups in total. The van der Waals surface area contributed by atoms with Crippen LogP contribution >= 0.6 is 0 Å². The molecule has 0 saturated heterocycles. The third-order valence-corrected chi connectivity index (χ3v) is 4.83. The highest BCUT2D eigenvalue weighted by atomic mass is 32.2. The minimum atomic E-state index is -3.40. The molecule has 0 fully saturated rings. The lowest BCUT2D eigenvalue weighted by molar-refractivity contribution is 0.554. The molecule has 21 heavy (non-hydrogen) atoms. The van der Waals surface area contributed by atoms with Crippen molar-refractivity contribution >= 4 is 10.0 Å². The van der Waals surface area contributed by atoms with E-state index in [1.807, 2.05) is 11.5 Å². The van der Waals surface area contributed by atoms with E-state index in [9.17, 15) is 8.42 Å². The molecule has 0 atom stereocenters. The van der Waals surface area contributed by atoms with Gasteiger partial charge >= 0.3 is 0 Å². The van der Waals surface area contributed by atoms with Crippen LogP contribution in [0.15, 0.2) is 17.2 Å². The zero-order chi connectivity index (χ0) is 15.9. The van der Waals surface area contributed by atoms with Crippen LogP contribution in [-0.4, -0.2) is 26.1 Å². The molecule has 0 aliphatic heterocycles. The highest BCUT2D eigenvalue weighted by Gasteiger charge is 2.18. The molecule has 1 heterocycles. The Kier molecular flexibility index (Phi) is 7.42. The molecule has 0 radical (unpaired) electrons. The molecule has 6 heteroatoms. The third-order valence-electron chi connectivity index (χ3n) is 3.40. The molecule has 0 unspecified atom stereocenters. The summed E-state index contributed by atoms with van der Waals surface area (Å²) in [5, 5.41) is 3.25. The Hall–Kier alpha value is -0.850. The van der Waals surface area contributed by atoms with Crippen molar-refractivity contribution in [3.63, 3.8) is 0 Å². The SMILES string of the molecule is CCCCCNS(=O)(=O)c1cc(CNCC)n(C(C)C)c1. The number of aromatic nitrogens is 1. The van der Waals surface area contributed by atoms with Crippen molar-refractivity contribution in [2.75, 3.05) is 13.1 Å². The summed E-state index contributed by atoms with van der Waals surface area (Å²) in [7, 11) is -3.40. The van der Waals surface area contributed by atoms with Gasteiger partial charge in [-0.25, -0.2) is 13.1 Å². The fraction of sp³-hybridized carbons (Fsp3) is 0.733. The molecular formula is C15H29N3O2S. The van der Waals surface area contributed by atoms with E-state index >= 15 is 0 Å². The van der Waals surface area contributed by atoms with Crippen LogP contribution in [0.25, 0.3) is 0 Å². The number of hydrogen-bond acceptors (Lipinski definition) is 3. The average molecular weight is 315 g/mol.